The van der Waals surface area contributed by atoms with E-state index in [1.165, 1.54) is 4.68 Å². The molecule has 0 aliphatic carbocycles. The van der Waals surface area contributed by atoms with Gasteiger partial charge in [0, 0.05) is 17.0 Å². The Morgan fingerprint density at radius 2 is 1.94 bits per heavy atom. The third kappa shape index (κ3) is 4.97. The second-order valence-corrected chi connectivity index (χ2v) is 8.26. The van der Waals surface area contributed by atoms with Gasteiger partial charge in [0.15, 0.2) is 23.2 Å². The molecule has 0 atom stereocenters. The van der Waals surface area contributed by atoms with Crippen LogP contribution >= 0.6 is 0 Å². The first kappa shape index (κ1) is 22.3. The van der Waals surface area contributed by atoms with Crippen molar-refractivity contribution < 1.29 is 27.2 Å². The number of hydrogen-bond donors (Lipinski definition) is 1. The quantitative estimate of drug-likeness (QED) is 0.439. The number of benzene rings is 2. The molecule has 172 valence electrons. The Balaban J connectivity index is 1.61. The summed E-state index contributed by atoms with van der Waals surface area (Å²) in [4.78, 5) is 16.1. The van der Waals surface area contributed by atoms with Gasteiger partial charge in [-0.3, -0.25) is 4.68 Å². The number of nitrogens with zero attached hydrogens (tertiary/aromatic N) is 4. The van der Waals surface area contributed by atoms with Crippen LogP contribution in [0.2, 0.25) is 0 Å². The predicted molar refractivity (Wildman–Crippen MR) is 112 cm³/mol. The number of alkyl carbamates (subject to hydrolysis) is 1. The maximum atomic E-state index is 14.2. The highest BCUT2D eigenvalue weighted by atomic mass is 19.2. The summed E-state index contributed by atoms with van der Waals surface area (Å²) >= 11 is 0. The summed E-state index contributed by atoms with van der Waals surface area (Å²) in [6.45, 7) is 4.96. The molecule has 0 saturated carbocycles. The van der Waals surface area contributed by atoms with Crippen LogP contribution in [0.1, 0.15) is 32.2 Å². The molecule has 0 fully saturated rings. The molecular formula is C22H20F3N5O3. The third-order valence-corrected chi connectivity index (χ3v) is 4.51. The van der Waals surface area contributed by atoms with E-state index < -0.39 is 29.1 Å². The number of nitrogens with one attached hydrogen (secondary N) is 1. The Bertz CT molecular complexity index is 1330. The van der Waals surface area contributed by atoms with Crippen molar-refractivity contribution in [2.45, 2.75) is 39.5 Å². The van der Waals surface area contributed by atoms with Crippen LogP contribution in [-0.2, 0) is 17.8 Å². The van der Waals surface area contributed by atoms with Gasteiger partial charge in [-0.25, -0.2) is 18.0 Å². The molecule has 0 saturated heterocycles. The van der Waals surface area contributed by atoms with E-state index in [0.717, 1.165) is 6.07 Å². The van der Waals surface area contributed by atoms with Crippen LogP contribution in [-0.4, -0.2) is 31.6 Å². The van der Waals surface area contributed by atoms with Gasteiger partial charge in [-0.2, -0.15) is 10.1 Å². The maximum absolute atomic E-state index is 14.2. The molecular weight excluding hydrogens is 439 g/mol. The molecule has 2 heterocycles. The van der Waals surface area contributed by atoms with Gasteiger partial charge in [-0.05, 0) is 32.9 Å². The first-order chi connectivity index (χ1) is 15.6. The summed E-state index contributed by atoms with van der Waals surface area (Å²) < 4.78 is 53.3. The summed E-state index contributed by atoms with van der Waals surface area (Å²) in [5, 5.41) is 11.4. The van der Waals surface area contributed by atoms with E-state index in [2.05, 4.69) is 20.6 Å². The number of carbonyl (C=O) groups excluding carboxylic acids is 1. The van der Waals surface area contributed by atoms with E-state index in [9.17, 15) is 18.0 Å². The minimum atomic E-state index is -1.28. The van der Waals surface area contributed by atoms with Crippen LogP contribution in [0.25, 0.3) is 22.5 Å². The molecule has 33 heavy (non-hydrogen) atoms. The first-order valence-electron chi connectivity index (χ1n) is 9.99. The van der Waals surface area contributed by atoms with Crippen molar-refractivity contribution in [1.82, 2.24) is 25.2 Å². The molecule has 11 heteroatoms. The van der Waals surface area contributed by atoms with E-state index >= 15 is 0 Å². The average Bonchev–Trinajstić information content (AvgIpc) is 3.34. The summed E-state index contributed by atoms with van der Waals surface area (Å²) in [5.74, 6) is -3.06. The molecule has 2 aromatic carbocycles. The van der Waals surface area contributed by atoms with E-state index in [4.69, 9.17) is 9.26 Å². The molecule has 0 aliphatic rings. The summed E-state index contributed by atoms with van der Waals surface area (Å²) in [5.41, 5.74) is 0.0321. The molecule has 0 spiro atoms. The van der Waals surface area contributed by atoms with Gasteiger partial charge in [0.05, 0.1) is 18.6 Å². The lowest BCUT2D eigenvalue weighted by Crippen LogP contribution is -2.32. The van der Waals surface area contributed by atoms with Gasteiger partial charge >= 0.3 is 6.09 Å². The number of halogens is 3. The maximum Gasteiger partial charge on any atom is 0.408 e. The molecule has 0 bridgehead atoms. The average molecular weight is 459 g/mol. The number of para-hydroxylation sites is 1. The minimum absolute atomic E-state index is 0.0369. The lowest BCUT2D eigenvalue weighted by atomic mass is 10.2. The number of aromatic nitrogens is 4. The molecule has 4 aromatic rings. The molecule has 8 nitrogen and oxygen atoms in total. The molecule has 0 aliphatic heterocycles. The second-order valence-electron chi connectivity index (χ2n) is 8.26. The predicted octanol–water partition coefficient (Wildman–Crippen LogP) is 4.58. The number of ether oxygens (including phenoxy) is 1. The van der Waals surface area contributed by atoms with Crippen molar-refractivity contribution in [3.63, 3.8) is 0 Å². The number of carbonyl (C=O) groups is 1. The highest BCUT2D eigenvalue weighted by molar-refractivity contribution is 5.91. The van der Waals surface area contributed by atoms with Gasteiger partial charge < -0.3 is 14.6 Å². The van der Waals surface area contributed by atoms with Gasteiger partial charge in [0.25, 0.3) is 5.89 Å². The molecule has 4 rings (SSSR count). The fourth-order valence-corrected chi connectivity index (χ4v) is 3.18. The van der Waals surface area contributed by atoms with Crippen molar-refractivity contribution >= 4 is 17.0 Å². The largest absolute Gasteiger partial charge is 0.444 e. The van der Waals surface area contributed by atoms with Crippen LogP contribution in [0.3, 0.4) is 0 Å². The Morgan fingerprint density at radius 3 is 2.70 bits per heavy atom. The zero-order valence-corrected chi connectivity index (χ0v) is 18.0. The van der Waals surface area contributed by atoms with Gasteiger partial charge in [-0.1, -0.05) is 23.4 Å². The number of fused-ring (bicyclic) bond motifs is 1. The van der Waals surface area contributed by atoms with Crippen molar-refractivity contribution in [2.24, 2.45) is 0 Å². The zero-order valence-electron chi connectivity index (χ0n) is 18.0. The first-order valence-corrected chi connectivity index (χ1v) is 9.99. The van der Waals surface area contributed by atoms with Gasteiger partial charge in [0.2, 0.25) is 0 Å². The lowest BCUT2D eigenvalue weighted by Gasteiger charge is -2.19. The lowest BCUT2D eigenvalue weighted by molar-refractivity contribution is 0.0522. The van der Waals surface area contributed by atoms with Crippen LogP contribution in [0.5, 0.6) is 0 Å². The highest BCUT2D eigenvalue weighted by Gasteiger charge is 2.21. The Hall–Kier alpha value is -3.89. The zero-order chi connectivity index (χ0) is 23.8. The van der Waals surface area contributed by atoms with Gasteiger partial charge in [-0.15, -0.1) is 0 Å². The highest BCUT2D eigenvalue weighted by Crippen LogP contribution is 2.28. The number of hydrogen-bond acceptors (Lipinski definition) is 6. The Labute approximate surface area is 186 Å². The Morgan fingerprint density at radius 1 is 1.18 bits per heavy atom. The monoisotopic (exact) mass is 459 g/mol. The standard InChI is InChI=1S/C22H20F3N5O3/c1-22(2,3)32-21(31)26-10-17-27-20(33-29-17)19-14-6-4-5-7-16(14)30(28-19)11-12-8-13(23)9-15(24)18(12)25/h4-9H,10-11H2,1-3H3,(H,26,31). The fraction of sp³-hybridized carbons (Fsp3) is 0.273. The van der Waals surface area contributed by atoms with Crippen LogP contribution in [0.4, 0.5) is 18.0 Å². The van der Waals surface area contributed by atoms with Crippen LogP contribution in [0, 0.1) is 17.5 Å². The molecule has 1 N–H and O–H groups in total. The third-order valence-electron chi connectivity index (χ3n) is 4.51. The Kier molecular flexibility index (Phi) is 5.79. The second kappa shape index (κ2) is 8.57. The summed E-state index contributed by atoms with van der Waals surface area (Å²) in [6.07, 6.45) is -0.632. The van der Waals surface area contributed by atoms with Crippen molar-refractivity contribution in [2.75, 3.05) is 0 Å². The topological polar surface area (TPSA) is 95.1 Å². The summed E-state index contributed by atoms with van der Waals surface area (Å²) in [7, 11) is 0. The molecule has 1 amide bonds. The van der Waals surface area contributed by atoms with Crippen molar-refractivity contribution in [1.29, 1.82) is 0 Å². The van der Waals surface area contributed by atoms with Crippen molar-refractivity contribution in [3.8, 4) is 11.6 Å². The van der Waals surface area contributed by atoms with Crippen LogP contribution < -0.4 is 5.32 Å². The normalized spacial score (nSPS) is 11.7. The SMILES string of the molecule is CC(C)(C)OC(=O)NCc1noc(-c2nn(Cc3cc(F)cc(F)c3F)c3ccccc23)n1. The van der Waals surface area contributed by atoms with E-state index in [1.54, 1.807) is 45.0 Å². The molecule has 0 radical (unpaired) electrons. The summed E-state index contributed by atoms with van der Waals surface area (Å²) in [6, 6.07) is 8.39. The van der Waals surface area contributed by atoms with Crippen LogP contribution in [0.15, 0.2) is 40.9 Å². The van der Waals surface area contributed by atoms with Gasteiger partial charge in [0.1, 0.15) is 11.4 Å². The minimum Gasteiger partial charge on any atom is -0.444 e. The van der Waals surface area contributed by atoms with E-state index in [1.807, 2.05) is 0 Å². The number of amides is 1. The smallest absolute Gasteiger partial charge is 0.408 e. The fourth-order valence-electron chi connectivity index (χ4n) is 3.18. The van der Waals surface area contributed by atoms with Crippen molar-refractivity contribution in [3.05, 3.63) is 65.2 Å². The number of rotatable bonds is 5. The van der Waals surface area contributed by atoms with E-state index in [-0.39, 0.29) is 30.4 Å². The molecule has 2 aromatic heterocycles. The molecule has 0 unspecified atom stereocenters. The van der Waals surface area contributed by atoms with E-state index in [0.29, 0.717) is 22.7 Å².